The second kappa shape index (κ2) is 8.61. The molecule has 0 bridgehead atoms. The number of anilines is 1. The first-order chi connectivity index (χ1) is 13.0. The van der Waals surface area contributed by atoms with Crippen LogP contribution >= 0.6 is 27.5 Å². The van der Waals surface area contributed by atoms with E-state index in [9.17, 15) is 4.79 Å². The van der Waals surface area contributed by atoms with E-state index in [1.54, 1.807) is 48.5 Å². The third-order valence-corrected chi connectivity index (χ3v) is 4.75. The molecule has 0 aliphatic carbocycles. The average molecular weight is 451 g/mol. The number of carbonyl (C=O) groups excluding carboxylic acids is 1. The van der Waals surface area contributed by atoms with E-state index in [0.29, 0.717) is 50.2 Å². The molecule has 5 nitrogen and oxygen atoms in total. The van der Waals surface area contributed by atoms with Gasteiger partial charge in [0.15, 0.2) is 0 Å². The van der Waals surface area contributed by atoms with Crippen molar-refractivity contribution in [2.24, 2.45) is 0 Å². The second-order valence-corrected chi connectivity index (χ2v) is 6.91. The molecule has 7 heteroatoms. The molecule has 3 rings (SSSR count). The fourth-order valence-electron chi connectivity index (χ4n) is 2.52. The molecule has 0 spiro atoms. The van der Waals surface area contributed by atoms with Crippen LogP contribution in [0.3, 0.4) is 0 Å². The van der Waals surface area contributed by atoms with E-state index in [1.807, 2.05) is 6.92 Å². The zero-order valence-corrected chi connectivity index (χ0v) is 16.8. The maximum atomic E-state index is 12.6. The molecule has 0 aliphatic rings. The first-order valence-corrected chi connectivity index (χ1v) is 9.42. The molecule has 2 N–H and O–H groups in total. The number of aliphatic hydroxyl groups excluding tert-OH is 1. The molecule has 27 heavy (non-hydrogen) atoms. The van der Waals surface area contributed by atoms with Crippen molar-refractivity contribution in [3.8, 4) is 17.1 Å². The summed E-state index contributed by atoms with van der Waals surface area (Å²) in [6.07, 6.45) is 0. The van der Waals surface area contributed by atoms with Crippen molar-refractivity contribution >= 4 is 39.1 Å². The molecule has 140 valence electrons. The number of ether oxygens (including phenoxy) is 1. The van der Waals surface area contributed by atoms with Crippen molar-refractivity contribution in [3.05, 3.63) is 69.3 Å². The molecule has 2 aromatic carbocycles. The van der Waals surface area contributed by atoms with Crippen molar-refractivity contribution in [1.29, 1.82) is 0 Å². The van der Waals surface area contributed by atoms with Gasteiger partial charge in [-0.05, 0) is 71.4 Å². The first kappa shape index (κ1) is 19.5. The average Bonchev–Trinajstić information content (AvgIpc) is 3.14. The standard InChI is InChI=1S/C20H17BrClNO4/c1-2-26-19-7-3-12(9-16(19)21)20(25)23-13-4-6-17(22)15(10-13)18-8-5-14(11-24)27-18/h3-10,24H,2,11H2,1H3,(H,23,25). The summed E-state index contributed by atoms with van der Waals surface area (Å²) in [5.41, 5.74) is 1.69. The molecule has 1 aromatic heterocycles. The molecule has 1 heterocycles. The Balaban J connectivity index is 1.82. The largest absolute Gasteiger partial charge is 0.493 e. The molecule has 0 radical (unpaired) electrons. The van der Waals surface area contributed by atoms with E-state index in [1.165, 1.54) is 0 Å². The number of hydrogen-bond acceptors (Lipinski definition) is 4. The van der Waals surface area contributed by atoms with Gasteiger partial charge in [0.05, 0.1) is 16.1 Å². The Morgan fingerprint density at radius 2 is 2.04 bits per heavy atom. The minimum atomic E-state index is -0.262. The van der Waals surface area contributed by atoms with Crippen molar-refractivity contribution < 1.29 is 19.1 Å². The van der Waals surface area contributed by atoms with Gasteiger partial charge in [0, 0.05) is 16.8 Å². The number of benzene rings is 2. The van der Waals surface area contributed by atoms with E-state index < -0.39 is 0 Å². The van der Waals surface area contributed by atoms with E-state index in [4.69, 9.17) is 25.9 Å². The molecule has 0 saturated carbocycles. The molecular weight excluding hydrogens is 434 g/mol. The van der Waals surface area contributed by atoms with Crippen LogP contribution in [0.25, 0.3) is 11.3 Å². The van der Waals surface area contributed by atoms with Crippen molar-refractivity contribution in [2.75, 3.05) is 11.9 Å². The second-order valence-electron chi connectivity index (χ2n) is 5.65. The summed E-state index contributed by atoms with van der Waals surface area (Å²) in [6, 6.07) is 13.7. The fourth-order valence-corrected chi connectivity index (χ4v) is 3.22. The van der Waals surface area contributed by atoms with Crippen LogP contribution < -0.4 is 10.1 Å². The van der Waals surface area contributed by atoms with Gasteiger partial charge in [-0.15, -0.1) is 0 Å². The highest BCUT2D eigenvalue weighted by Crippen LogP contribution is 2.32. The van der Waals surface area contributed by atoms with Gasteiger partial charge in [-0.1, -0.05) is 11.6 Å². The van der Waals surface area contributed by atoms with E-state index in [-0.39, 0.29) is 12.5 Å². The zero-order valence-electron chi connectivity index (χ0n) is 14.5. The summed E-state index contributed by atoms with van der Waals surface area (Å²) in [5.74, 6) is 1.38. The van der Waals surface area contributed by atoms with Crippen LogP contribution in [0.2, 0.25) is 5.02 Å². The molecule has 0 saturated heterocycles. The molecule has 1 amide bonds. The van der Waals surface area contributed by atoms with Crippen LogP contribution in [-0.4, -0.2) is 17.6 Å². The van der Waals surface area contributed by atoms with E-state index in [2.05, 4.69) is 21.2 Å². The minimum Gasteiger partial charge on any atom is -0.493 e. The number of aliphatic hydroxyl groups is 1. The summed E-state index contributed by atoms with van der Waals surface area (Å²) in [7, 11) is 0. The molecule has 0 fully saturated rings. The van der Waals surface area contributed by atoms with Gasteiger partial charge in [-0.2, -0.15) is 0 Å². The third kappa shape index (κ3) is 4.53. The summed E-state index contributed by atoms with van der Waals surface area (Å²) < 4.78 is 11.7. The lowest BCUT2D eigenvalue weighted by molar-refractivity contribution is 0.102. The molecule has 0 unspecified atom stereocenters. The lowest BCUT2D eigenvalue weighted by atomic mass is 10.1. The highest BCUT2D eigenvalue weighted by Gasteiger charge is 2.13. The van der Waals surface area contributed by atoms with Crippen molar-refractivity contribution in [3.63, 3.8) is 0 Å². The number of amides is 1. The molecule has 0 atom stereocenters. The topological polar surface area (TPSA) is 71.7 Å². The smallest absolute Gasteiger partial charge is 0.255 e. The Bertz CT molecular complexity index is 970. The van der Waals surface area contributed by atoms with Crippen molar-refractivity contribution in [1.82, 2.24) is 0 Å². The maximum absolute atomic E-state index is 12.6. The van der Waals surface area contributed by atoms with Gasteiger partial charge in [0.1, 0.15) is 23.9 Å². The van der Waals surface area contributed by atoms with Gasteiger partial charge in [-0.25, -0.2) is 0 Å². The summed E-state index contributed by atoms with van der Waals surface area (Å²) in [5, 5.41) is 12.5. The predicted molar refractivity (Wildman–Crippen MR) is 108 cm³/mol. The number of nitrogens with one attached hydrogen (secondary N) is 1. The summed E-state index contributed by atoms with van der Waals surface area (Å²) in [4.78, 5) is 12.6. The van der Waals surface area contributed by atoms with Crippen LogP contribution in [0.4, 0.5) is 5.69 Å². The Morgan fingerprint density at radius 3 is 2.70 bits per heavy atom. The number of halogens is 2. The van der Waals surface area contributed by atoms with Crippen LogP contribution in [0.5, 0.6) is 5.75 Å². The Labute approximate surface area is 170 Å². The minimum absolute atomic E-state index is 0.194. The van der Waals surface area contributed by atoms with Gasteiger partial charge >= 0.3 is 0 Å². The molecule has 0 aliphatic heterocycles. The first-order valence-electron chi connectivity index (χ1n) is 8.25. The van der Waals surface area contributed by atoms with E-state index >= 15 is 0 Å². The summed E-state index contributed by atoms with van der Waals surface area (Å²) >= 11 is 9.66. The monoisotopic (exact) mass is 449 g/mol. The predicted octanol–water partition coefficient (Wildman–Crippen LogP) is 5.51. The zero-order chi connectivity index (χ0) is 19.4. The highest BCUT2D eigenvalue weighted by molar-refractivity contribution is 9.10. The summed E-state index contributed by atoms with van der Waals surface area (Å²) in [6.45, 7) is 2.25. The Morgan fingerprint density at radius 1 is 1.22 bits per heavy atom. The lowest BCUT2D eigenvalue weighted by Crippen LogP contribution is -2.12. The van der Waals surface area contributed by atoms with Crippen LogP contribution in [0.1, 0.15) is 23.0 Å². The van der Waals surface area contributed by atoms with E-state index in [0.717, 1.165) is 0 Å². The molecule has 3 aromatic rings. The van der Waals surface area contributed by atoms with Crippen molar-refractivity contribution in [2.45, 2.75) is 13.5 Å². The van der Waals surface area contributed by atoms with Crippen LogP contribution in [0, 0.1) is 0 Å². The van der Waals surface area contributed by atoms with Crippen LogP contribution in [-0.2, 0) is 6.61 Å². The lowest BCUT2D eigenvalue weighted by Gasteiger charge is -2.10. The third-order valence-electron chi connectivity index (χ3n) is 3.80. The Hall–Kier alpha value is -2.28. The quantitative estimate of drug-likeness (QED) is 0.520. The van der Waals surface area contributed by atoms with Gasteiger partial charge in [-0.3, -0.25) is 4.79 Å². The highest BCUT2D eigenvalue weighted by atomic mass is 79.9. The number of rotatable bonds is 6. The van der Waals surface area contributed by atoms with Gasteiger partial charge in [0.25, 0.3) is 5.91 Å². The van der Waals surface area contributed by atoms with Gasteiger partial charge in [0.2, 0.25) is 0 Å². The number of carbonyl (C=O) groups is 1. The van der Waals surface area contributed by atoms with Crippen LogP contribution in [0.15, 0.2) is 57.4 Å². The Kier molecular flexibility index (Phi) is 6.21. The van der Waals surface area contributed by atoms with Gasteiger partial charge < -0.3 is 19.6 Å². The number of hydrogen-bond donors (Lipinski definition) is 2. The normalized spacial score (nSPS) is 10.7. The molecular formula is C20H17BrClNO4. The SMILES string of the molecule is CCOc1ccc(C(=O)Nc2ccc(Cl)c(-c3ccc(CO)o3)c2)cc1Br. The number of furan rings is 1. The maximum Gasteiger partial charge on any atom is 0.255 e. The fraction of sp³-hybridized carbons (Fsp3) is 0.150.